The highest BCUT2D eigenvalue weighted by atomic mass is 19.4. The largest absolute Gasteiger partial charge is 0.497 e. The van der Waals surface area contributed by atoms with E-state index in [1.54, 1.807) is 32.0 Å². The van der Waals surface area contributed by atoms with Gasteiger partial charge in [0.25, 0.3) is 0 Å². The summed E-state index contributed by atoms with van der Waals surface area (Å²) in [5, 5.41) is 2.65. The van der Waals surface area contributed by atoms with Gasteiger partial charge < -0.3 is 19.7 Å². The summed E-state index contributed by atoms with van der Waals surface area (Å²) < 4.78 is 92.2. The first-order chi connectivity index (χ1) is 21.7. The van der Waals surface area contributed by atoms with Crippen LogP contribution in [-0.4, -0.2) is 60.4 Å². The number of nitrogens with one attached hydrogen (secondary N) is 1. The van der Waals surface area contributed by atoms with E-state index in [1.807, 2.05) is 0 Å². The molecule has 0 aliphatic carbocycles. The van der Waals surface area contributed by atoms with Crippen molar-refractivity contribution < 1.29 is 45.4 Å². The van der Waals surface area contributed by atoms with Crippen molar-refractivity contribution in [3.8, 4) is 11.5 Å². The Hall–Kier alpha value is -4.75. The fourth-order valence-corrected chi connectivity index (χ4v) is 5.39. The zero-order chi connectivity index (χ0) is 33.4. The lowest BCUT2D eigenvalue weighted by atomic mass is 9.92. The van der Waals surface area contributed by atoms with Crippen LogP contribution in [0.25, 0.3) is 0 Å². The molecule has 46 heavy (non-hydrogen) atoms. The number of aliphatic imine (C=N–C) groups is 1. The summed E-state index contributed by atoms with van der Waals surface area (Å²) in [7, 11) is 1.46. The third kappa shape index (κ3) is 6.75. The van der Waals surface area contributed by atoms with Crippen molar-refractivity contribution in [2.75, 3.05) is 26.7 Å². The number of rotatable bonds is 6. The molecule has 244 valence electrons. The number of urea groups is 1. The van der Waals surface area contributed by atoms with E-state index in [-0.39, 0.29) is 48.5 Å². The van der Waals surface area contributed by atoms with Crippen molar-refractivity contribution in [2.24, 2.45) is 4.99 Å². The van der Waals surface area contributed by atoms with E-state index in [4.69, 9.17) is 14.5 Å². The summed E-state index contributed by atoms with van der Waals surface area (Å²) in [6, 6.07) is 10.4. The fraction of sp³-hybridized carbons (Fsp3) is 0.344. The maximum Gasteiger partial charge on any atom is 0.416 e. The normalized spacial score (nSPS) is 18.8. The summed E-state index contributed by atoms with van der Waals surface area (Å²) in [5.74, 6) is 0.365. The zero-order valence-electron chi connectivity index (χ0n) is 24.9. The van der Waals surface area contributed by atoms with Crippen molar-refractivity contribution in [1.29, 1.82) is 0 Å². The van der Waals surface area contributed by atoms with Gasteiger partial charge in [0.05, 0.1) is 35.9 Å². The number of hydrogen-bond acceptors (Lipinski definition) is 5. The lowest BCUT2D eigenvalue weighted by Crippen LogP contribution is -2.55. The number of halogens is 6. The Bertz CT molecular complexity index is 1620. The molecule has 0 bridgehead atoms. The van der Waals surface area contributed by atoms with Crippen molar-refractivity contribution >= 4 is 17.8 Å². The molecule has 1 saturated heterocycles. The second-order valence-electron chi connectivity index (χ2n) is 11.0. The van der Waals surface area contributed by atoms with Gasteiger partial charge in [-0.15, -0.1) is 0 Å². The molecule has 0 aromatic heterocycles. The van der Waals surface area contributed by atoms with Crippen molar-refractivity contribution in [2.45, 2.75) is 44.4 Å². The Kier molecular flexibility index (Phi) is 8.91. The van der Waals surface area contributed by atoms with Crippen LogP contribution in [-0.2, 0) is 17.1 Å². The number of benzene rings is 3. The number of piperazine rings is 1. The van der Waals surface area contributed by atoms with Gasteiger partial charge in [0.1, 0.15) is 29.9 Å². The van der Waals surface area contributed by atoms with Crippen LogP contribution in [0.2, 0.25) is 0 Å². The first-order valence-electron chi connectivity index (χ1n) is 14.3. The Balaban J connectivity index is 1.72. The first kappa shape index (κ1) is 32.6. The molecule has 5 rings (SSSR count). The summed E-state index contributed by atoms with van der Waals surface area (Å²) in [4.78, 5) is 34.1. The SMILES string of the molecule is COc1ccc(C2=NC(c3ccc(C(F)(F)F)cc3)C(c3ccc(C(F)(F)F)cc3)N2C(=O)N2CCNC(=O)C2)c(OC(C)C)c1. The van der Waals surface area contributed by atoms with Gasteiger partial charge in [0.15, 0.2) is 0 Å². The topological polar surface area (TPSA) is 83.5 Å². The van der Waals surface area contributed by atoms with Crippen LogP contribution in [0, 0.1) is 0 Å². The molecule has 1 fully saturated rings. The van der Waals surface area contributed by atoms with Gasteiger partial charge in [0.2, 0.25) is 5.91 Å². The van der Waals surface area contributed by atoms with Crippen LogP contribution in [0.4, 0.5) is 31.1 Å². The van der Waals surface area contributed by atoms with Crippen LogP contribution in [0.15, 0.2) is 71.7 Å². The summed E-state index contributed by atoms with van der Waals surface area (Å²) in [6.07, 6.45) is -9.58. The quantitative estimate of drug-likeness (QED) is 0.305. The second-order valence-corrected chi connectivity index (χ2v) is 11.0. The average molecular weight is 649 g/mol. The molecular formula is C32H30F6N4O4. The van der Waals surface area contributed by atoms with E-state index >= 15 is 0 Å². The molecule has 1 N–H and O–H groups in total. The van der Waals surface area contributed by atoms with E-state index in [1.165, 1.54) is 41.2 Å². The number of hydrogen-bond donors (Lipinski definition) is 1. The minimum Gasteiger partial charge on any atom is -0.497 e. The number of methoxy groups -OCH3 is 1. The Labute approximate surface area is 260 Å². The predicted molar refractivity (Wildman–Crippen MR) is 155 cm³/mol. The van der Waals surface area contributed by atoms with Gasteiger partial charge >= 0.3 is 18.4 Å². The molecule has 2 aliphatic heterocycles. The van der Waals surface area contributed by atoms with E-state index in [0.717, 1.165) is 24.3 Å². The highest BCUT2D eigenvalue weighted by Gasteiger charge is 2.46. The van der Waals surface area contributed by atoms with Gasteiger partial charge in [-0.3, -0.25) is 14.7 Å². The molecule has 8 nitrogen and oxygen atoms in total. The van der Waals surface area contributed by atoms with Crippen molar-refractivity contribution in [1.82, 2.24) is 15.1 Å². The van der Waals surface area contributed by atoms with E-state index in [2.05, 4.69) is 5.32 Å². The second kappa shape index (κ2) is 12.6. The molecule has 2 atom stereocenters. The lowest BCUT2D eigenvalue weighted by Gasteiger charge is -2.36. The number of amidine groups is 1. The number of nitrogens with zero attached hydrogens (tertiary/aromatic N) is 3. The number of carbonyl (C=O) groups is 2. The molecule has 14 heteroatoms. The van der Waals surface area contributed by atoms with Gasteiger partial charge in [0, 0.05) is 19.2 Å². The molecule has 0 saturated carbocycles. The van der Waals surface area contributed by atoms with Crippen LogP contribution < -0.4 is 14.8 Å². The number of alkyl halides is 6. The van der Waals surface area contributed by atoms with Crippen LogP contribution >= 0.6 is 0 Å². The molecule has 2 unspecified atom stereocenters. The fourth-order valence-electron chi connectivity index (χ4n) is 5.39. The molecule has 3 aromatic carbocycles. The van der Waals surface area contributed by atoms with Crippen molar-refractivity contribution in [3.05, 3.63) is 94.5 Å². The van der Waals surface area contributed by atoms with Crippen LogP contribution in [0.1, 0.15) is 53.7 Å². The Morgan fingerprint density at radius 2 is 1.50 bits per heavy atom. The molecule has 2 heterocycles. The van der Waals surface area contributed by atoms with Gasteiger partial charge in [-0.05, 0) is 61.4 Å². The Morgan fingerprint density at radius 3 is 2.02 bits per heavy atom. The minimum atomic E-state index is -4.63. The summed E-state index contributed by atoms with van der Waals surface area (Å²) in [5.41, 5.74) is -0.974. The summed E-state index contributed by atoms with van der Waals surface area (Å²) >= 11 is 0. The molecule has 0 spiro atoms. The van der Waals surface area contributed by atoms with E-state index < -0.39 is 47.5 Å². The number of amides is 3. The van der Waals surface area contributed by atoms with Crippen LogP contribution in [0.5, 0.6) is 11.5 Å². The van der Waals surface area contributed by atoms with Gasteiger partial charge in [-0.2, -0.15) is 26.3 Å². The minimum absolute atomic E-state index is 0.0593. The maximum atomic E-state index is 14.4. The predicted octanol–water partition coefficient (Wildman–Crippen LogP) is 6.62. The highest BCUT2D eigenvalue weighted by Crippen LogP contribution is 2.46. The zero-order valence-corrected chi connectivity index (χ0v) is 24.9. The van der Waals surface area contributed by atoms with E-state index in [9.17, 15) is 35.9 Å². The summed E-state index contributed by atoms with van der Waals surface area (Å²) in [6.45, 7) is 3.58. The Morgan fingerprint density at radius 1 is 0.913 bits per heavy atom. The number of carbonyl (C=O) groups excluding carboxylic acids is 2. The standard InChI is InChI=1S/C32H30F6N4O4/c1-18(2)46-25-16-23(45-3)12-13-24(25)29-40-27(19-4-8-21(9-5-19)31(33,34)35)28(20-6-10-22(11-7-20)32(36,37)38)42(29)30(44)41-15-14-39-26(43)17-41/h4-13,16,18,27-28H,14-15,17H2,1-3H3,(H,39,43). The van der Waals surface area contributed by atoms with E-state index in [0.29, 0.717) is 11.3 Å². The van der Waals surface area contributed by atoms with Crippen LogP contribution in [0.3, 0.4) is 0 Å². The monoisotopic (exact) mass is 648 g/mol. The molecule has 3 amide bonds. The van der Waals surface area contributed by atoms with Crippen molar-refractivity contribution in [3.63, 3.8) is 0 Å². The third-order valence-corrected chi connectivity index (χ3v) is 7.53. The lowest BCUT2D eigenvalue weighted by molar-refractivity contribution is -0.138. The maximum absolute atomic E-state index is 14.4. The highest BCUT2D eigenvalue weighted by molar-refractivity contribution is 6.11. The molecular weight excluding hydrogens is 618 g/mol. The molecule has 2 aliphatic rings. The van der Waals surface area contributed by atoms with Gasteiger partial charge in [-0.1, -0.05) is 24.3 Å². The third-order valence-electron chi connectivity index (χ3n) is 7.53. The number of ether oxygens (including phenoxy) is 2. The molecule has 0 radical (unpaired) electrons. The van der Waals surface area contributed by atoms with Gasteiger partial charge in [-0.25, -0.2) is 4.79 Å². The first-order valence-corrected chi connectivity index (χ1v) is 14.3. The smallest absolute Gasteiger partial charge is 0.416 e. The average Bonchev–Trinajstić information content (AvgIpc) is 3.40. The molecule has 3 aromatic rings.